The van der Waals surface area contributed by atoms with Gasteiger partial charge >= 0.3 is 6.03 Å². The molecule has 0 bridgehead atoms. The maximum Gasteiger partial charge on any atom is 0.317 e. The molecule has 1 aliphatic rings. The van der Waals surface area contributed by atoms with Gasteiger partial charge in [-0.15, -0.1) is 0 Å². The van der Waals surface area contributed by atoms with Gasteiger partial charge in [-0.2, -0.15) is 0 Å². The van der Waals surface area contributed by atoms with Crippen LogP contribution in [0, 0.1) is 5.92 Å². The molecular weight excluding hydrogens is 473 g/mol. The summed E-state index contributed by atoms with van der Waals surface area (Å²) in [4.78, 5) is 14.0. The molecule has 1 heterocycles. The lowest BCUT2D eigenvalue weighted by Crippen LogP contribution is -2.48. The summed E-state index contributed by atoms with van der Waals surface area (Å²) >= 11 is 12.6. The van der Waals surface area contributed by atoms with Gasteiger partial charge in [0.05, 0.1) is 16.7 Å². The van der Waals surface area contributed by atoms with Gasteiger partial charge in [0.25, 0.3) is 0 Å². The highest BCUT2D eigenvalue weighted by atomic mass is 35.5. The number of aliphatic hydroxyl groups is 1. The van der Waals surface area contributed by atoms with Crippen molar-refractivity contribution in [3.8, 4) is 5.75 Å². The molecule has 0 radical (unpaired) electrons. The molecule has 0 unspecified atom stereocenters. The number of halogens is 2. The van der Waals surface area contributed by atoms with Crippen LogP contribution in [0.25, 0.3) is 0 Å². The van der Waals surface area contributed by atoms with Gasteiger partial charge in [-0.3, -0.25) is 8.93 Å². The molecule has 2 amide bonds. The minimum atomic E-state index is -2.70. The number of nitrogens with zero attached hydrogens (tertiary/aromatic N) is 1. The van der Waals surface area contributed by atoms with Crippen molar-refractivity contribution in [1.29, 1.82) is 0 Å². The van der Waals surface area contributed by atoms with E-state index in [2.05, 4.69) is 16.6 Å². The third-order valence-corrected chi connectivity index (χ3v) is 9.30. The topological polar surface area (TPSA) is 90.9 Å². The summed E-state index contributed by atoms with van der Waals surface area (Å²) in [6.07, 6.45) is 4.83. The Morgan fingerprint density at radius 2 is 1.97 bits per heavy atom. The van der Waals surface area contributed by atoms with Crippen molar-refractivity contribution in [1.82, 2.24) is 14.9 Å². The fourth-order valence-corrected chi connectivity index (χ4v) is 5.15. The fourth-order valence-electron chi connectivity index (χ4n) is 3.63. The second-order valence-corrected chi connectivity index (χ2v) is 12.5. The minimum Gasteiger partial charge on any atom is -0.489 e. The zero-order valence-electron chi connectivity index (χ0n) is 18.9. The van der Waals surface area contributed by atoms with Gasteiger partial charge in [-0.25, -0.2) is 4.79 Å². The summed E-state index contributed by atoms with van der Waals surface area (Å²) in [5.41, 5.74) is 0.798. The molecule has 1 atom stereocenters. The summed E-state index contributed by atoms with van der Waals surface area (Å²) in [6.45, 7) is 9.11. The first-order valence-electron chi connectivity index (χ1n) is 10.8. The van der Waals surface area contributed by atoms with E-state index in [1.165, 1.54) is 0 Å². The number of benzene rings is 1. The van der Waals surface area contributed by atoms with Gasteiger partial charge in [0, 0.05) is 48.8 Å². The number of carbonyl (C=O) groups excluding carboxylic acids is 1. The summed E-state index contributed by atoms with van der Waals surface area (Å²) in [7, 11) is -2.70. The van der Waals surface area contributed by atoms with Gasteiger partial charge < -0.3 is 20.1 Å². The van der Waals surface area contributed by atoms with E-state index >= 15 is 0 Å². The number of likely N-dealkylation sites (tertiary alicyclic amines) is 1. The number of ether oxygens (including phenoxy) is 1. The summed E-state index contributed by atoms with van der Waals surface area (Å²) in [5.74, 6) is 0.677. The van der Waals surface area contributed by atoms with E-state index in [1.54, 1.807) is 29.4 Å². The number of piperidine rings is 1. The zero-order valence-corrected chi connectivity index (χ0v) is 21.3. The third kappa shape index (κ3) is 7.09. The highest BCUT2D eigenvalue weighted by Crippen LogP contribution is 2.40. The van der Waals surface area contributed by atoms with Gasteiger partial charge in [-0.1, -0.05) is 59.8 Å². The Hall–Kier alpha value is -1.32. The Bertz CT molecular complexity index is 845. The van der Waals surface area contributed by atoms with E-state index in [0.717, 1.165) is 5.56 Å². The lowest BCUT2D eigenvalue weighted by molar-refractivity contribution is 0.158. The molecule has 1 saturated heterocycles. The first-order chi connectivity index (χ1) is 15.1. The number of carbonyl (C=O) groups is 1. The standard InChI is InChI=1S/C22H35Cl2N3O4S/c1-5-12-31-20-14-19(24)18(23)13-17(20)21(26-32(4,30)15(2)3)16-6-9-27(10-7-16)22(29)25-8-11-28/h5,13-16,21,28,32H,1,6-12H2,2-4H3,(H,25,29)(H,26,30)/t21-/m1/s1. The Balaban J connectivity index is 2.35. The highest BCUT2D eigenvalue weighted by Gasteiger charge is 2.34. The van der Waals surface area contributed by atoms with Gasteiger partial charge in [-0.05, 0) is 24.8 Å². The summed E-state index contributed by atoms with van der Waals surface area (Å²) in [5, 5.41) is 12.4. The van der Waals surface area contributed by atoms with Crippen molar-refractivity contribution in [3.05, 3.63) is 40.4 Å². The maximum absolute atomic E-state index is 13.4. The average molecular weight is 509 g/mol. The van der Waals surface area contributed by atoms with Crippen LogP contribution in [-0.2, 0) is 10.1 Å². The molecule has 182 valence electrons. The van der Waals surface area contributed by atoms with Crippen molar-refractivity contribution in [3.63, 3.8) is 0 Å². The third-order valence-electron chi connectivity index (χ3n) is 5.81. The smallest absolute Gasteiger partial charge is 0.317 e. The molecule has 10 heteroatoms. The largest absolute Gasteiger partial charge is 0.489 e. The van der Waals surface area contributed by atoms with Gasteiger partial charge in [0.2, 0.25) is 0 Å². The van der Waals surface area contributed by atoms with Gasteiger partial charge in [0.1, 0.15) is 12.4 Å². The minimum absolute atomic E-state index is 0.0466. The molecule has 1 fully saturated rings. The van der Waals surface area contributed by atoms with E-state index in [4.69, 9.17) is 33.0 Å². The molecule has 1 aliphatic heterocycles. The molecule has 1 aromatic carbocycles. The summed E-state index contributed by atoms with van der Waals surface area (Å²) < 4.78 is 22.7. The number of nitrogens with one attached hydrogen (secondary N) is 2. The van der Waals surface area contributed by atoms with E-state index in [9.17, 15) is 9.00 Å². The summed E-state index contributed by atoms with van der Waals surface area (Å²) in [6, 6.07) is 2.99. The monoisotopic (exact) mass is 507 g/mol. The van der Waals surface area contributed by atoms with Crippen molar-refractivity contribution in [2.24, 2.45) is 5.92 Å². The Kier molecular flexibility index (Phi) is 10.3. The van der Waals surface area contributed by atoms with E-state index in [-0.39, 0.29) is 36.4 Å². The van der Waals surface area contributed by atoms with Crippen LogP contribution in [-0.4, -0.2) is 64.6 Å². The number of thiol groups is 1. The van der Waals surface area contributed by atoms with Crippen LogP contribution in [0.5, 0.6) is 5.75 Å². The van der Waals surface area contributed by atoms with Crippen LogP contribution in [0.4, 0.5) is 4.79 Å². The molecule has 7 nitrogen and oxygen atoms in total. The molecule has 0 saturated carbocycles. The number of hydrogen-bond donors (Lipinski definition) is 4. The lowest BCUT2D eigenvalue weighted by Gasteiger charge is -2.40. The fraction of sp³-hybridized carbons (Fsp3) is 0.591. The molecule has 32 heavy (non-hydrogen) atoms. The number of urea groups is 1. The average Bonchev–Trinajstić information content (AvgIpc) is 2.76. The SMILES string of the molecule is C=CCOc1cc(Cl)c(Cl)cc1[C@H](N[SH](C)(=O)C(C)C)C1CCN(C(=O)NCCO)CC1. The molecule has 1 aromatic rings. The van der Waals surface area contributed by atoms with Crippen LogP contribution in [0.1, 0.15) is 38.3 Å². The number of amides is 2. The molecule has 0 spiro atoms. The van der Waals surface area contributed by atoms with Gasteiger partial charge in [0.15, 0.2) is 0 Å². The maximum atomic E-state index is 13.4. The van der Waals surface area contributed by atoms with Crippen LogP contribution < -0.4 is 14.8 Å². The lowest BCUT2D eigenvalue weighted by atomic mass is 9.85. The second kappa shape index (κ2) is 12.2. The van der Waals surface area contributed by atoms with E-state index < -0.39 is 10.1 Å². The van der Waals surface area contributed by atoms with Crippen molar-refractivity contribution in [2.75, 3.05) is 39.1 Å². The Morgan fingerprint density at radius 1 is 1.34 bits per heavy atom. The van der Waals surface area contributed by atoms with Crippen LogP contribution in [0.3, 0.4) is 0 Å². The van der Waals surface area contributed by atoms with Crippen LogP contribution >= 0.6 is 23.2 Å². The number of rotatable bonds is 10. The predicted molar refractivity (Wildman–Crippen MR) is 133 cm³/mol. The predicted octanol–water partition coefficient (Wildman–Crippen LogP) is 3.57. The zero-order chi connectivity index (χ0) is 23.9. The molecule has 0 aliphatic carbocycles. The Labute approximate surface area is 202 Å². The van der Waals surface area contributed by atoms with Crippen molar-refractivity contribution < 1.29 is 18.8 Å². The molecule has 3 N–H and O–H groups in total. The van der Waals surface area contributed by atoms with Crippen LogP contribution in [0.15, 0.2) is 24.8 Å². The van der Waals surface area contributed by atoms with Crippen LogP contribution in [0.2, 0.25) is 10.0 Å². The molecule has 0 aromatic heterocycles. The highest BCUT2D eigenvalue weighted by molar-refractivity contribution is 8.01. The van der Waals surface area contributed by atoms with E-state index in [0.29, 0.717) is 48.3 Å². The second-order valence-electron chi connectivity index (χ2n) is 8.37. The molecular formula is C22H35Cl2N3O4S. The quantitative estimate of drug-likeness (QED) is 0.287. The first-order valence-corrected chi connectivity index (χ1v) is 13.8. The first kappa shape index (κ1) is 26.9. The number of hydrogen-bond acceptors (Lipinski definition) is 4. The van der Waals surface area contributed by atoms with Crippen molar-refractivity contribution >= 4 is 39.4 Å². The number of aliphatic hydroxyl groups excluding tert-OH is 1. The Morgan fingerprint density at radius 3 is 2.53 bits per heavy atom. The van der Waals surface area contributed by atoms with Crippen molar-refractivity contribution in [2.45, 2.75) is 38.0 Å². The normalized spacial score (nSPS) is 16.7. The van der Waals surface area contributed by atoms with E-state index in [1.807, 2.05) is 13.8 Å². The molecule has 2 rings (SSSR count).